The molecule has 1 saturated carbocycles. The number of alkyl halides is 1. The minimum atomic E-state index is -0.706. The van der Waals surface area contributed by atoms with E-state index in [2.05, 4.69) is 16.1 Å². The van der Waals surface area contributed by atoms with E-state index in [9.17, 15) is 4.39 Å². The summed E-state index contributed by atoms with van der Waals surface area (Å²) in [7, 11) is 0. The summed E-state index contributed by atoms with van der Waals surface area (Å²) in [5.41, 5.74) is 2.15. The number of anilines is 1. The van der Waals surface area contributed by atoms with Crippen molar-refractivity contribution in [3.63, 3.8) is 0 Å². The third-order valence-corrected chi connectivity index (χ3v) is 3.52. The fourth-order valence-electron chi connectivity index (χ4n) is 2.35. The van der Waals surface area contributed by atoms with Crippen LogP contribution in [-0.4, -0.2) is 33.9 Å². The van der Waals surface area contributed by atoms with Crippen LogP contribution in [0.5, 0.6) is 0 Å². The Bertz CT molecular complexity index is 569. The molecule has 0 amide bonds. The van der Waals surface area contributed by atoms with Gasteiger partial charge in [0.05, 0.1) is 18.8 Å². The summed E-state index contributed by atoms with van der Waals surface area (Å²) >= 11 is 0. The van der Waals surface area contributed by atoms with Crippen LogP contribution in [0.4, 0.5) is 10.2 Å². The Kier molecular flexibility index (Phi) is 1.76. The van der Waals surface area contributed by atoms with E-state index >= 15 is 0 Å². The van der Waals surface area contributed by atoms with Gasteiger partial charge >= 0.3 is 0 Å². The monoisotopic (exact) mass is 232 g/mol. The molecule has 0 bridgehead atoms. The van der Waals surface area contributed by atoms with Crippen LogP contribution in [0.2, 0.25) is 0 Å². The van der Waals surface area contributed by atoms with Crippen LogP contribution >= 0.6 is 0 Å². The van der Waals surface area contributed by atoms with E-state index in [1.54, 1.807) is 6.20 Å². The van der Waals surface area contributed by atoms with Gasteiger partial charge in [-0.25, -0.2) is 13.9 Å². The second-order valence-electron chi connectivity index (χ2n) is 4.93. The second-order valence-corrected chi connectivity index (χ2v) is 4.93. The first-order chi connectivity index (χ1) is 8.31. The molecular formula is C12H13FN4. The predicted octanol–water partition coefficient (Wildman–Crippen LogP) is 1.76. The summed E-state index contributed by atoms with van der Waals surface area (Å²) in [6.45, 7) is 0.910. The van der Waals surface area contributed by atoms with Crippen LogP contribution in [0.25, 0.3) is 5.52 Å². The highest BCUT2D eigenvalue weighted by Gasteiger charge is 2.31. The summed E-state index contributed by atoms with van der Waals surface area (Å²) in [5, 5.41) is 4.55. The van der Waals surface area contributed by atoms with E-state index in [0.29, 0.717) is 19.0 Å². The molecule has 0 unspecified atom stereocenters. The van der Waals surface area contributed by atoms with Crippen molar-refractivity contribution in [3.8, 4) is 0 Å². The fraction of sp³-hybridized carbons (Fsp3) is 0.500. The number of hydrogen-bond donors (Lipinski definition) is 0. The molecule has 1 aliphatic carbocycles. The molecule has 2 fully saturated rings. The zero-order valence-electron chi connectivity index (χ0n) is 9.38. The first-order valence-electron chi connectivity index (χ1n) is 6.04. The third kappa shape index (κ3) is 1.41. The molecule has 0 aromatic carbocycles. The molecular weight excluding hydrogens is 219 g/mol. The topological polar surface area (TPSA) is 33.4 Å². The molecule has 0 atom stereocenters. The normalized spacial score (nSPS) is 20.9. The quantitative estimate of drug-likeness (QED) is 0.791. The number of aromatic nitrogens is 3. The molecule has 4 rings (SSSR count). The number of halogens is 1. The molecule has 88 valence electrons. The predicted molar refractivity (Wildman–Crippen MR) is 62.1 cm³/mol. The lowest BCUT2D eigenvalue weighted by atomic mass is 10.2. The summed E-state index contributed by atoms with van der Waals surface area (Å²) in [5.74, 6) is 1.49. The average molecular weight is 232 g/mol. The zero-order chi connectivity index (χ0) is 11.4. The van der Waals surface area contributed by atoms with Crippen molar-refractivity contribution in [3.05, 3.63) is 24.2 Å². The van der Waals surface area contributed by atoms with E-state index in [0.717, 1.165) is 17.0 Å². The van der Waals surface area contributed by atoms with Crippen LogP contribution in [0.3, 0.4) is 0 Å². The Hall–Kier alpha value is -1.65. The van der Waals surface area contributed by atoms with Gasteiger partial charge in [0, 0.05) is 18.3 Å². The Balaban J connectivity index is 1.79. The molecule has 5 heteroatoms. The fourth-order valence-corrected chi connectivity index (χ4v) is 2.35. The minimum absolute atomic E-state index is 0.455. The molecule has 17 heavy (non-hydrogen) atoms. The van der Waals surface area contributed by atoms with E-state index in [1.165, 1.54) is 12.8 Å². The third-order valence-electron chi connectivity index (χ3n) is 3.52. The van der Waals surface area contributed by atoms with Gasteiger partial charge in [-0.3, -0.25) is 0 Å². The number of hydrogen-bond acceptors (Lipinski definition) is 3. The van der Waals surface area contributed by atoms with Crippen molar-refractivity contribution in [1.82, 2.24) is 14.6 Å². The van der Waals surface area contributed by atoms with Crippen LogP contribution in [0.15, 0.2) is 18.5 Å². The Morgan fingerprint density at radius 1 is 1.29 bits per heavy atom. The van der Waals surface area contributed by atoms with E-state index < -0.39 is 6.17 Å². The van der Waals surface area contributed by atoms with Crippen LogP contribution in [-0.2, 0) is 0 Å². The number of rotatable bonds is 2. The summed E-state index contributed by atoms with van der Waals surface area (Å²) < 4.78 is 14.8. The van der Waals surface area contributed by atoms with E-state index in [4.69, 9.17) is 0 Å². The lowest BCUT2D eigenvalue weighted by Crippen LogP contribution is -2.49. The maximum atomic E-state index is 12.9. The highest BCUT2D eigenvalue weighted by Crippen LogP contribution is 2.40. The van der Waals surface area contributed by atoms with Gasteiger partial charge in [0.1, 0.15) is 11.7 Å². The molecule has 2 aliphatic rings. The first kappa shape index (κ1) is 9.39. The average Bonchev–Trinajstić information content (AvgIpc) is 3.04. The van der Waals surface area contributed by atoms with Gasteiger partial charge in [0.15, 0.2) is 5.82 Å². The molecule has 0 spiro atoms. The minimum Gasteiger partial charge on any atom is -0.349 e. The van der Waals surface area contributed by atoms with Gasteiger partial charge in [-0.15, -0.1) is 0 Å². The van der Waals surface area contributed by atoms with Gasteiger partial charge in [-0.05, 0) is 18.9 Å². The molecule has 3 heterocycles. The first-order valence-corrected chi connectivity index (χ1v) is 6.04. The van der Waals surface area contributed by atoms with Gasteiger partial charge in [0.25, 0.3) is 0 Å². The summed E-state index contributed by atoms with van der Waals surface area (Å²) in [6, 6.07) is 2.10. The SMILES string of the molecule is FC1CN(c2nccn3nc(C4CC4)cc23)C1. The van der Waals surface area contributed by atoms with Gasteiger partial charge < -0.3 is 4.90 Å². The Labute approximate surface area is 98.1 Å². The highest BCUT2D eigenvalue weighted by molar-refractivity contribution is 5.70. The summed E-state index contributed by atoms with van der Waals surface area (Å²) in [6.07, 6.45) is 5.36. The Morgan fingerprint density at radius 3 is 2.82 bits per heavy atom. The maximum absolute atomic E-state index is 12.9. The van der Waals surface area contributed by atoms with Crippen LogP contribution in [0.1, 0.15) is 24.5 Å². The maximum Gasteiger partial charge on any atom is 0.154 e. The van der Waals surface area contributed by atoms with Crippen molar-refractivity contribution in [2.75, 3.05) is 18.0 Å². The largest absolute Gasteiger partial charge is 0.349 e. The molecule has 1 aliphatic heterocycles. The molecule has 0 N–H and O–H groups in total. The van der Waals surface area contributed by atoms with E-state index in [-0.39, 0.29) is 0 Å². The van der Waals surface area contributed by atoms with Crippen molar-refractivity contribution in [2.24, 2.45) is 0 Å². The lowest BCUT2D eigenvalue weighted by Gasteiger charge is -2.35. The Morgan fingerprint density at radius 2 is 2.12 bits per heavy atom. The van der Waals surface area contributed by atoms with Crippen LogP contribution < -0.4 is 4.90 Å². The zero-order valence-corrected chi connectivity index (χ0v) is 9.38. The van der Waals surface area contributed by atoms with Crippen LogP contribution in [0, 0.1) is 0 Å². The second kappa shape index (κ2) is 3.18. The highest BCUT2D eigenvalue weighted by atomic mass is 19.1. The van der Waals surface area contributed by atoms with Crippen molar-refractivity contribution >= 4 is 11.3 Å². The van der Waals surface area contributed by atoms with Gasteiger partial charge in [-0.1, -0.05) is 0 Å². The van der Waals surface area contributed by atoms with Gasteiger partial charge in [0.2, 0.25) is 0 Å². The standard InChI is InChI=1S/C12H13FN4/c13-9-6-16(7-9)12-11-5-10(8-1-2-8)15-17(11)4-3-14-12/h3-5,8-9H,1-2,6-7H2. The van der Waals surface area contributed by atoms with Crippen molar-refractivity contribution < 1.29 is 4.39 Å². The number of nitrogens with zero attached hydrogens (tertiary/aromatic N) is 4. The lowest BCUT2D eigenvalue weighted by molar-refractivity contribution is 0.274. The molecule has 2 aromatic rings. The summed E-state index contributed by atoms with van der Waals surface area (Å²) in [4.78, 5) is 6.33. The smallest absolute Gasteiger partial charge is 0.154 e. The van der Waals surface area contributed by atoms with E-state index in [1.807, 2.05) is 15.6 Å². The molecule has 1 saturated heterocycles. The molecule has 0 radical (unpaired) electrons. The molecule has 4 nitrogen and oxygen atoms in total. The van der Waals surface area contributed by atoms with Gasteiger partial charge in [-0.2, -0.15) is 5.10 Å². The van der Waals surface area contributed by atoms with Crippen molar-refractivity contribution in [2.45, 2.75) is 24.9 Å². The number of fused-ring (bicyclic) bond motifs is 1. The van der Waals surface area contributed by atoms with Crippen molar-refractivity contribution in [1.29, 1.82) is 0 Å². The molecule has 2 aromatic heterocycles.